The van der Waals surface area contributed by atoms with Crippen molar-refractivity contribution in [2.24, 2.45) is 0 Å². The van der Waals surface area contributed by atoms with Gasteiger partial charge in [0, 0.05) is 32.0 Å². The summed E-state index contributed by atoms with van der Waals surface area (Å²) in [5, 5.41) is 0. The fraction of sp³-hybridized carbons (Fsp3) is 0.455. The molecule has 174 valence electrons. The minimum atomic E-state index is -2.77. The summed E-state index contributed by atoms with van der Waals surface area (Å²) in [5.74, 6) is -2.11. The molecule has 0 radical (unpaired) electrons. The highest BCUT2D eigenvalue weighted by Crippen LogP contribution is 2.47. The number of halogens is 4. The molecule has 2 aromatic rings. The van der Waals surface area contributed by atoms with E-state index in [1.165, 1.54) is 17.0 Å². The van der Waals surface area contributed by atoms with Crippen molar-refractivity contribution in [2.75, 3.05) is 13.1 Å². The second-order valence-electron chi connectivity index (χ2n) is 8.49. The zero-order valence-electron chi connectivity index (χ0n) is 17.4. The fourth-order valence-electron chi connectivity index (χ4n) is 4.93. The van der Waals surface area contributed by atoms with E-state index in [1.807, 2.05) is 0 Å². The molecule has 3 saturated heterocycles. The van der Waals surface area contributed by atoms with Gasteiger partial charge in [-0.15, -0.1) is 0 Å². The molecule has 3 aliphatic rings. The van der Waals surface area contributed by atoms with E-state index >= 15 is 0 Å². The summed E-state index contributed by atoms with van der Waals surface area (Å²) in [6.45, 7) is 0.422. The van der Waals surface area contributed by atoms with Crippen molar-refractivity contribution in [1.29, 1.82) is 0 Å². The molecule has 3 aliphatic heterocycles. The number of carbonyl (C=O) groups is 2. The largest absolute Gasteiger partial charge is 0.342 e. The number of amides is 2. The van der Waals surface area contributed by atoms with E-state index in [-0.39, 0.29) is 37.5 Å². The fourth-order valence-corrected chi connectivity index (χ4v) is 4.93. The average Bonchev–Trinajstić information content (AvgIpc) is 3.31. The van der Waals surface area contributed by atoms with E-state index < -0.39 is 47.5 Å². The lowest BCUT2D eigenvalue weighted by Gasteiger charge is -2.37. The number of fused-ring (bicyclic) bond motifs is 1. The second-order valence-corrected chi connectivity index (χ2v) is 8.49. The Morgan fingerprint density at radius 1 is 1.06 bits per heavy atom. The number of likely N-dealkylation sites (tertiary alicyclic amines) is 1. The van der Waals surface area contributed by atoms with Crippen LogP contribution < -0.4 is 0 Å². The molecule has 1 spiro atoms. The third-order valence-corrected chi connectivity index (χ3v) is 6.56. The third-order valence-electron chi connectivity index (χ3n) is 6.56. The van der Waals surface area contributed by atoms with Gasteiger partial charge in [-0.1, -0.05) is 0 Å². The average molecular weight is 464 g/mol. The van der Waals surface area contributed by atoms with E-state index in [0.717, 1.165) is 18.5 Å². The number of rotatable bonds is 3. The maximum atomic E-state index is 13.7. The normalized spacial score (nSPS) is 24.1. The smallest absolute Gasteiger partial charge is 0.281 e. The van der Waals surface area contributed by atoms with Gasteiger partial charge in [0.2, 0.25) is 0 Å². The van der Waals surface area contributed by atoms with Gasteiger partial charge in [-0.25, -0.2) is 22.5 Å². The standard InChI is InChI=1S/C22H20F4N4O3/c23-13-7-12(8-14(24)9-13)17-1-2-18-30(17)21(32)22(33-18)3-5-29(6-4-22)20(31)16-11-27-15(10-28-16)19(25)26/h7-11,17-19H,1-6H2. The van der Waals surface area contributed by atoms with Crippen LogP contribution in [0, 0.1) is 11.6 Å². The maximum absolute atomic E-state index is 13.7. The zero-order chi connectivity index (χ0) is 23.3. The summed E-state index contributed by atoms with van der Waals surface area (Å²) in [5.41, 5.74) is -1.27. The van der Waals surface area contributed by atoms with Gasteiger partial charge in [0.25, 0.3) is 18.2 Å². The van der Waals surface area contributed by atoms with Gasteiger partial charge in [-0.2, -0.15) is 0 Å². The lowest BCUT2D eigenvalue weighted by molar-refractivity contribution is -0.142. The molecule has 2 unspecified atom stereocenters. The number of nitrogens with zero attached hydrogens (tertiary/aromatic N) is 4. The van der Waals surface area contributed by atoms with Gasteiger partial charge in [0.05, 0.1) is 18.4 Å². The molecule has 2 atom stereocenters. The Hall–Kier alpha value is -3.08. The van der Waals surface area contributed by atoms with Crippen molar-refractivity contribution in [3.63, 3.8) is 0 Å². The topological polar surface area (TPSA) is 75.6 Å². The van der Waals surface area contributed by atoms with Gasteiger partial charge in [-0.05, 0) is 30.5 Å². The van der Waals surface area contributed by atoms with E-state index in [0.29, 0.717) is 18.4 Å². The third kappa shape index (κ3) is 3.73. The van der Waals surface area contributed by atoms with Crippen LogP contribution in [0.5, 0.6) is 0 Å². The van der Waals surface area contributed by atoms with Gasteiger partial charge >= 0.3 is 0 Å². The first-order chi connectivity index (χ1) is 15.8. The van der Waals surface area contributed by atoms with Crippen molar-refractivity contribution in [3.8, 4) is 0 Å². The molecule has 0 aliphatic carbocycles. The van der Waals surface area contributed by atoms with Crippen LogP contribution in [-0.2, 0) is 9.53 Å². The Balaban J connectivity index is 1.28. The number of aromatic nitrogens is 2. The molecule has 2 amide bonds. The molecule has 33 heavy (non-hydrogen) atoms. The molecule has 0 bridgehead atoms. The Morgan fingerprint density at radius 3 is 2.36 bits per heavy atom. The van der Waals surface area contributed by atoms with Crippen molar-refractivity contribution in [1.82, 2.24) is 19.8 Å². The first-order valence-corrected chi connectivity index (χ1v) is 10.6. The molecule has 11 heteroatoms. The number of ether oxygens (including phenoxy) is 1. The predicted molar refractivity (Wildman–Crippen MR) is 105 cm³/mol. The van der Waals surface area contributed by atoms with Gasteiger partial charge in [0.1, 0.15) is 29.3 Å². The molecular weight excluding hydrogens is 444 g/mol. The Morgan fingerprint density at radius 2 is 1.76 bits per heavy atom. The summed E-state index contributed by atoms with van der Waals surface area (Å²) >= 11 is 0. The van der Waals surface area contributed by atoms with Crippen LogP contribution >= 0.6 is 0 Å². The highest BCUT2D eigenvalue weighted by atomic mass is 19.3. The number of hydrogen-bond acceptors (Lipinski definition) is 5. The molecule has 1 aromatic heterocycles. The number of carbonyl (C=O) groups excluding carboxylic acids is 2. The van der Waals surface area contributed by atoms with E-state index in [1.54, 1.807) is 4.90 Å². The van der Waals surface area contributed by atoms with Crippen LogP contribution in [0.3, 0.4) is 0 Å². The number of alkyl halides is 2. The molecule has 0 saturated carbocycles. The highest BCUT2D eigenvalue weighted by molar-refractivity contribution is 5.93. The molecule has 4 heterocycles. The monoisotopic (exact) mass is 464 g/mol. The SMILES string of the molecule is O=C(c1cnc(C(F)F)cn1)N1CCC2(CC1)OC1CCC(c3cc(F)cc(F)c3)N1C2=O. The van der Waals surface area contributed by atoms with Crippen LogP contribution in [0.15, 0.2) is 30.6 Å². The highest BCUT2D eigenvalue weighted by Gasteiger charge is 2.58. The van der Waals surface area contributed by atoms with Crippen LogP contribution in [-0.4, -0.2) is 56.5 Å². The van der Waals surface area contributed by atoms with Crippen molar-refractivity contribution in [2.45, 2.75) is 50.0 Å². The van der Waals surface area contributed by atoms with E-state index in [4.69, 9.17) is 4.74 Å². The molecule has 1 aromatic carbocycles. The van der Waals surface area contributed by atoms with Gasteiger partial charge in [-0.3, -0.25) is 14.6 Å². The van der Waals surface area contributed by atoms with Crippen molar-refractivity contribution in [3.05, 3.63) is 59.2 Å². The Labute approximate surface area is 186 Å². The summed E-state index contributed by atoms with van der Waals surface area (Å²) in [6.07, 6.45) is 0.210. The van der Waals surface area contributed by atoms with E-state index in [2.05, 4.69) is 9.97 Å². The van der Waals surface area contributed by atoms with Crippen LogP contribution in [0.4, 0.5) is 17.6 Å². The summed E-state index contributed by atoms with van der Waals surface area (Å²) < 4.78 is 58.9. The van der Waals surface area contributed by atoms with Crippen LogP contribution in [0.2, 0.25) is 0 Å². The number of benzene rings is 1. The van der Waals surface area contributed by atoms with Crippen LogP contribution in [0.1, 0.15) is 59.9 Å². The molecule has 3 fully saturated rings. The van der Waals surface area contributed by atoms with Crippen LogP contribution in [0.25, 0.3) is 0 Å². The summed E-state index contributed by atoms with van der Waals surface area (Å²) in [4.78, 5) is 36.5. The number of piperidine rings is 1. The lowest BCUT2D eigenvalue weighted by atomic mass is 9.89. The molecule has 5 rings (SSSR count). The van der Waals surface area contributed by atoms with E-state index in [9.17, 15) is 27.2 Å². The van der Waals surface area contributed by atoms with Gasteiger partial charge in [0.15, 0.2) is 5.60 Å². The van der Waals surface area contributed by atoms with Crippen molar-refractivity contribution < 1.29 is 31.9 Å². The summed E-state index contributed by atoms with van der Waals surface area (Å²) in [6, 6.07) is 2.78. The van der Waals surface area contributed by atoms with Gasteiger partial charge < -0.3 is 14.5 Å². The Kier molecular flexibility index (Phi) is 5.31. The molecular formula is C22H20F4N4O3. The Bertz CT molecular complexity index is 1070. The quantitative estimate of drug-likeness (QED) is 0.651. The minimum Gasteiger partial charge on any atom is -0.342 e. The summed E-state index contributed by atoms with van der Waals surface area (Å²) in [7, 11) is 0. The second kappa shape index (κ2) is 8.05. The molecule has 7 nitrogen and oxygen atoms in total. The minimum absolute atomic E-state index is 0.0529. The zero-order valence-corrected chi connectivity index (χ0v) is 17.4. The maximum Gasteiger partial charge on any atom is 0.281 e. The number of hydrogen-bond donors (Lipinski definition) is 0. The first-order valence-electron chi connectivity index (χ1n) is 10.6. The predicted octanol–water partition coefficient (Wildman–Crippen LogP) is 3.39. The first kappa shape index (κ1) is 21.7. The van der Waals surface area contributed by atoms with Crippen molar-refractivity contribution >= 4 is 11.8 Å². The lowest BCUT2D eigenvalue weighted by Crippen LogP contribution is -2.51. The molecule has 0 N–H and O–H groups in total.